The van der Waals surface area contributed by atoms with Crippen LogP contribution in [-0.2, 0) is 0 Å². The molecule has 1 atom stereocenters. The van der Waals surface area contributed by atoms with Crippen molar-refractivity contribution < 1.29 is 14.3 Å². The second-order valence-corrected chi connectivity index (χ2v) is 8.03. The van der Waals surface area contributed by atoms with E-state index < -0.39 is 0 Å². The van der Waals surface area contributed by atoms with Crippen LogP contribution >= 0.6 is 20.2 Å². The molecule has 26 heavy (non-hydrogen) atoms. The monoisotopic (exact) mass is 386 g/mol. The molecule has 3 nitrogen and oxygen atoms in total. The van der Waals surface area contributed by atoms with Gasteiger partial charge in [-0.2, -0.15) is 0 Å². The van der Waals surface area contributed by atoms with Gasteiger partial charge >= 0.3 is 18.9 Å². The molecular weight excluding hydrogens is 362 g/mol. The summed E-state index contributed by atoms with van der Waals surface area (Å²) in [6.45, 7) is 9.77. The number of benzene rings is 2. The fourth-order valence-corrected chi connectivity index (χ4v) is 3.92. The third-order valence-electron chi connectivity index (χ3n) is 3.38. The van der Waals surface area contributed by atoms with Crippen LogP contribution in [0.4, 0.5) is 0 Å². The van der Waals surface area contributed by atoms with Gasteiger partial charge in [0.15, 0.2) is 5.52 Å². The van der Waals surface area contributed by atoms with Gasteiger partial charge in [0.1, 0.15) is 11.5 Å². The van der Waals surface area contributed by atoms with Crippen LogP contribution < -0.4 is 14.8 Å². The van der Waals surface area contributed by atoms with Gasteiger partial charge in [-0.05, 0) is 67.0 Å². The summed E-state index contributed by atoms with van der Waals surface area (Å²) in [5.41, 5.74) is 1.48. The first-order valence-corrected chi connectivity index (χ1v) is 9.69. The number of rotatable bonds is 7. The normalized spacial score (nSPS) is 11.1. The van der Waals surface area contributed by atoms with E-state index in [1.54, 1.807) is 6.07 Å². The Morgan fingerprint density at radius 1 is 1.04 bits per heavy atom. The standard InChI is InChI=1S/C20H24ClO3P.Li.H/c1-12(2)23-15-9-10-18(17(11-15)24-13(3)4)25-20(22)19-14(5)7-6-8-16(19)21;;/h6-13,25H,1-5H3;;. The summed E-state index contributed by atoms with van der Waals surface area (Å²) in [5.74, 6) is 1.42. The Bertz CT molecular complexity index is 742. The van der Waals surface area contributed by atoms with Crippen LogP contribution in [0.2, 0.25) is 5.02 Å². The van der Waals surface area contributed by atoms with Gasteiger partial charge < -0.3 is 9.47 Å². The van der Waals surface area contributed by atoms with Crippen molar-refractivity contribution in [3.05, 3.63) is 52.5 Å². The molecule has 0 radical (unpaired) electrons. The van der Waals surface area contributed by atoms with Crippen molar-refractivity contribution in [2.45, 2.75) is 46.8 Å². The van der Waals surface area contributed by atoms with E-state index >= 15 is 0 Å². The molecule has 0 saturated heterocycles. The zero-order chi connectivity index (χ0) is 18.6. The molecule has 0 saturated carbocycles. The molecule has 136 valence electrons. The first-order chi connectivity index (χ1) is 11.8. The minimum absolute atomic E-state index is 0. The average molecular weight is 387 g/mol. The van der Waals surface area contributed by atoms with Crippen molar-refractivity contribution in [2.75, 3.05) is 0 Å². The Labute approximate surface area is 174 Å². The van der Waals surface area contributed by atoms with Crippen LogP contribution in [0.5, 0.6) is 11.5 Å². The zero-order valence-electron chi connectivity index (χ0n) is 15.2. The maximum absolute atomic E-state index is 12.8. The van der Waals surface area contributed by atoms with Crippen LogP contribution in [0.15, 0.2) is 36.4 Å². The van der Waals surface area contributed by atoms with Gasteiger partial charge in [-0.25, -0.2) is 0 Å². The molecule has 6 heteroatoms. The SMILES string of the molecule is Cc1cccc(Cl)c1C(=O)Pc1ccc(OC(C)C)cc1OC(C)C.[LiH]. The zero-order valence-corrected chi connectivity index (χ0v) is 17.0. The molecule has 1 unspecified atom stereocenters. The first-order valence-electron chi connectivity index (χ1n) is 8.31. The molecule has 2 aromatic rings. The number of aryl methyl sites for hydroxylation is 1. The van der Waals surface area contributed by atoms with Crippen LogP contribution in [0.1, 0.15) is 43.6 Å². The minimum atomic E-state index is -0.0648. The molecule has 0 heterocycles. The quantitative estimate of drug-likeness (QED) is 0.510. The summed E-state index contributed by atoms with van der Waals surface area (Å²) < 4.78 is 11.6. The van der Waals surface area contributed by atoms with Crippen LogP contribution in [0.25, 0.3) is 0 Å². The maximum atomic E-state index is 12.8. The van der Waals surface area contributed by atoms with E-state index in [9.17, 15) is 4.79 Å². The summed E-state index contributed by atoms with van der Waals surface area (Å²) in [6, 6.07) is 11.1. The summed E-state index contributed by atoms with van der Waals surface area (Å²) in [6.07, 6.45) is 0.0857. The second-order valence-electron chi connectivity index (χ2n) is 6.38. The fourth-order valence-electron chi connectivity index (χ4n) is 2.41. The first kappa shape index (κ1) is 23.1. The number of halogens is 1. The van der Waals surface area contributed by atoms with Crippen LogP contribution in [-0.4, -0.2) is 36.6 Å². The fraction of sp³-hybridized carbons (Fsp3) is 0.350. The Morgan fingerprint density at radius 2 is 1.69 bits per heavy atom. The van der Waals surface area contributed by atoms with E-state index in [2.05, 4.69) is 0 Å². The molecule has 2 rings (SSSR count). The van der Waals surface area contributed by atoms with Gasteiger partial charge in [-0.3, -0.25) is 4.79 Å². The van der Waals surface area contributed by atoms with Crippen molar-refractivity contribution in [1.29, 1.82) is 0 Å². The Balaban J connectivity index is 0.00000338. The summed E-state index contributed by atoms with van der Waals surface area (Å²) in [5, 5.41) is 1.35. The van der Waals surface area contributed by atoms with Crippen molar-refractivity contribution in [3.8, 4) is 11.5 Å². The Hall–Kier alpha value is -0.973. The average Bonchev–Trinajstić information content (AvgIpc) is 2.48. The topological polar surface area (TPSA) is 35.5 Å². The van der Waals surface area contributed by atoms with Gasteiger partial charge in [0.05, 0.1) is 17.2 Å². The van der Waals surface area contributed by atoms with E-state index in [0.717, 1.165) is 16.6 Å². The van der Waals surface area contributed by atoms with E-state index in [1.807, 2.05) is 65.0 Å². The van der Waals surface area contributed by atoms with Crippen molar-refractivity contribution in [2.24, 2.45) is 0 Å². The predicted molar refractivity (Wildman–Crippen MR) is 114 cm³/mol. The van der Waals surface area contributed by atoms with Crippen LogP contribution in [0, 0.1) is 6.92 Å². The summed E-state index contributed by atoms with van der Waals surface area (Å²) in [7, 11) is -0.0648. The van der Waals surface area contributed by atoms with E-state index in [0.29, 0.717) is 16.3 Å². The molecule has 0 amide bonds. The predicted octanol–water partition coefficient (Wildman–Crippen LogP) is 4.72. The molecule has 0 aliphatic heterocycles. The van der Waals surface area contributed by atoms with Crippen LogP contribution in [0.3, 0.4) is 0 Å². The molecule has 0 fully saturated rings. The molecule has 0 N–H and O–H groups in total. The summed E-state index contributed by atoms with van der Waals surface area (Å²) in [4.78, 5) is 12.8. The number of hydrogen-bond donors (Lipinski definition) is 0. The summed E-state index contributed by atoms with van der Waals surface area (Å²) >= 11 is 6.23. The molecule has 0 aromatic heterocycles. The van der Waals surface area contributed by atoms with Crippen molar-refractivity contribution in [1.82, 2.24) is 0 Å². The molecule has 0 spiro atoms. The third-order valence-corrected chi connectivity index (χ3v) is 4.86. The van der Waals surface area contributed by atoms with Crippen molar-refractivity contribution in [3.63, 3.8) is 0 Å². The number of hydrogen-bond acceptors (Lipinski definition) is 3. The third kappa shape index (κ3) is 6.33. The number of carbonyl (C=O) groups is 1. The van der Waals surface area contributed by atoms with Gasteiger partial charge in [0.25, 0.3) is 0 Å². The number of carbonyl (C=O) groups excluding carboxylic acids is 1. The van der Waals surface area contributed by atoms with Gasteiger partial charge in [-0.1, -0.05) is 23.7 Å². The Morgan fingerprint density at radius 3 is 2.27 bits per heavy atom. The van der Waals surface area contributed by atoms with Gasteiger partial charge in [0, 0.05) is 16.9 Å². The van der Waals surface area contributed by atoms with E-state index in [-0.39, 0.29) is 45.2 Å². The molecule has 2 aromatic carbocycles. The molecule has 0 bridgehead atoms. The van der Waals surface area contributed by atoms with E-state index in [1.165, 1.54) is 0 Å². The van der Waals surface area contributed by atoms with E-state index in [4.69, 9.17) is 21.1 Å². The molecule has 0 aliphatic rings. The van der Waals surface area contributed by atoms with Crippen molar-refractivity contribution >= 4 is 49.9 Å². The van der Waals surface area contributed by atoms with Gasteiger partial charge in [-0.15, -0.1) is 0 Å². The Kier molecular flexibility index (Phi) is 9.21. The van der Waals surface area contributed by atoms with Gasteiger partial charge in [0.2, 0.25) is 0 Å². The molecular formula is C20H25ClLiO3P. The second kappa shape index (κ2) is 10.4. The molecule has 0 aliphatic carbocycles. The number of ether oxygens (including phenoxy) is 2.